The number of carbonyl (C=O) groups excluding carboxylic acids is 2. The first-order valence-corrected chi connectivity index (χ1v) is 8.30. The van der Waals surface area contributed by atoms with Crippen LogP contribution in [0.2, 0.25) is 5.02 Å². The van der Waals surface area contributed by atoms with Crippen molar-refractivity contribution in [2.24, 2.45) is 0 Å². The van der Waals surface area contributed by atoms with Crippen molar-refractivity contribution in [1.82, 2.24) is 10.9 Å². The maximum absolute atomic E-state index is 13.5. The van der Waals surface area contributed by atoms with Gasteiger partial charge in [0.2, 0.25) is 0 Å². The van der Waals surface area contributed by atoms with Crippen LogP contribution in [0.5, 0.6) is 5.75 Å². The maximum atomic E-state index is 13.5. The number of amides is 2. The first kappa shape index (κ1) is 18.5. The summed E-state index contributed by atoms with van der Waals surface area (Å²) >= 11 is 7.79. The molecule has 2 amide bonds. The van der Waals surface area contributed by atoms with Crippen LogP contribution in [0.25, 0.3) is 0 Å². The maximum Gasteiger partial charge on any atom is 0.279 e. The van der Waals surface area contributed by atoms with Crippen molar-refractivity contribution in [3.63, 3.8) is 0 Å². The van der Waals surface area contributed by atoms with E-state index in [0.29, 0.717) is 14.2 Å². The molecule has 0 aromatic heterocycles. The summed E-state index contributed by atoms with van der Waals surface area (Å²) < 4.78 is 19.4. The number of hydrazine groups is 1. The van der Waals surface area contributed by atoms with Crippen molar-refractivity contribution in [2.75, 3.05) is 0 Å². The lowest BCUT2D eigenvalue weighted by molar-refractivity contribution is -0.128. The number of para-hydroxylation sites is 1. The molecule has 1 unspecified atom stereocenters. The Morgan fingerprint density at radius 1 is 1.21 bits per heavy atom. The lowest BCUT2D eigenvalue weighted by atomic mass is 10.2. The number of carbonyl (C=O) groups is 2. The predicted molar refractivity (Wildman–Crippen MR) is 96.3 cm³/mol. The van der Waals surface area contributed by atoms with Gasteiger partial charge in [-0.2, -0.15) is 0 Å². The van der Waals surface area contributed by atoms with E-state index in [2.05, 4.69) is 10.9 Å². The Balaban J connectivity index is 1.92. The number of nitrogens with one attached hydrogen (secondary N) is 2. The third-order valence-corrected chi connectivity index (χ3v) is 4.11. The quantitative estimate of drug-likeness (QED) is 0.541. The van der Waals surface area contributed by atoms with Gasteiger partial charge < -0.3 is 4.74 Å². The molecular formula is C16H13ClFIN2O3. The van der Waals surface area contributed by atoms with E-state index in [1.54, 1.807) is 24.3 Å². The average molecular weight is 463 g/mol. The smallest absolute Gasteiger partial charge is 0.279 e. The number of benzene rings is 2. The molecule has 0 spiro atoms. The Labute approximate surface area is 156 Å². The van der Waals surface area contributed by atoms with Gasteiger partial charge in [-0.3, -0.25) is 20.4 Å². The Morgan fingerprint density at radius 2 is 1.92 bits per heavy atom. The molecule has 2 N–H and O–H groups in total. The highest BCUT2D eigenvalue weighted by Crippen LogP contribution is 2.18. The summed E-state index contributed by atoms with van der Waals surface area (Å²) in [4.78, 5) is 24.0. The lowest BCUT2D eigenvalue weighted by Gasteiger charge is -2.15. The number of ether oxygens (including phenoxy) is 1. The molecule has 0 fully saturated rings. The summed E-state index contributed by atoms with van der Waals surface area (Å²) in [6, 6.07) is 10.5. The zero-order valence-corrected chi connectivity index (χ0v) is 15.4. The van der Waals surface area contributed by atoms with Gasteiger partial charge in [-0.25, -0.2) is 4.39 Å². The summed E-state index contributed by atoms with van der Waals surface area (Å²) in [6.45, 7) is 1.44. The molecule has 2 aromatic carbocycles. The van der Waals surface area contributed by atoms with Crippen LogP contribution in [0.15, 0.2) is 42.5 Å². The molecule has 0 bridgehead atoms. The van der Waals surface area contributed by atoms with E-state index in [9.17, 15) is 14.0 Å². The molecule has 0 radical (unpaired) electrons. The molecule has 0 aliphatic carbocycles. The van der Waals surface area contributed by atoms with Crippen molar-refractivity contribution in [1.29, 1.82) is 0 Å². The number of hydrogen-bond acceptors (Lipinski definition) is 3. The predicted octanol–water partition coefficient (Wildman–Crippen LogP) is 3.31. The lowest BCUT2D eigenvalue weighted by Crippen LogP contribution is -2.47. The van der Waals surface area contributed by atoms with E-state index in [1.807, 2.05) is 22.6 Å². The Morgan fingerprint density at radius 3 is 2.58 bits per heavy atom. The van der Waals surface area contributed by atoms with Gasteiger partial charge in [0.1, 0.15) is 0 Å². The number of hydrogen-bond donors (Lipinski definition) is 2. The highest BCUT2D eigenvalue weighted by atomic mass is 127. The first-order chi connectivity index (χ1) is 11.4. The summed E-state index contributed by atoms with van der Waals surface area (Å²) in [6.07, 6.45) is -0.994. The monoisotopic (exact) mass is 462 g/mol. The van der Waals surface area contributed by atoms with Crippen molar-refractivity contribution < 1.29 is 18.7 Å². The second kappa shape index (κ2) is 8.29. The van der Waals surface area contributed by atoms with Crippen LogP contribution in [-0.2, 0) is 4.79 Å². The molecule has 0 heterocycles. The summed E-state index contributed by atoms with van der Waals surface area (Å²) in [5.74, 6) is -1.73. The molecule has 1 atom stereocenters. The Kier molecular flexibility index (Phi) is 6.38. The second-order valence-electron chi connectivity index (χ2n) is 4.76. The third kappa shape index (κ3) is 4.81. The van der Waals surface area contributed by atoms with E-state index in [-0.39, 0.29) is 5.75 Å². The summed E-state index contributed by atoms with van der Waals surface area (Å²) in [5.41, 5.74) is 4.88. The minimum Gasteiger partial charge on any atom is -0.478 e. The van der Waals surface area contributed by atoms with Crippen molar-refractivity contribution in [3.05, 3.63) is 62.4 Å². The minimum absolute atomic E-state index is 0.0428. The summed E-state index contributed by atoms with van der Waals surface area (Å²) in [5, 5.41) is 0.506. The van der Waals surface area contributed by atoms with Gasteiger partial charge in [-0.15, -0.1) is 0 Å². The van der Waals surface area contributed by atoms with Crippen LogP contribution >= 0.6 is 34.2 Å². The van der Waals surface area contributed by atoms with Gasteiger partial charge in [-0.05, 0) is 59.8 Å². The second-order valence-corrected chi connectivity index (χ2v) is 6.36. The molecule has 0 aliphatic rings. The van der Waals surface area contributed by atoms with Gasteiger partial charge in [0.15, 0.2) is 17.7 Å². The SMILES string of the molecule is CC(Oc1ccccc1F)C(=O)NNC(=O)c1ccc(Cl)cc1I. The minimum atomic E-state index is -0.994. The van der Waals surface area contributed by atoms with E-state index >= 15 is 0 Å². The van der Waals surface area contributed by atoms with E-state index in [0.717, 1.165) is 0 Å². The summed E-state index contributed by atoms with van der Waals surface area (Å²) in [7, 11) is 0. The molecule has 2 aromatic rings. The topological polar surface area (TPSA) is 67.4 Å². The average Bonchev–Trinajstić information content (AvgIpc) is 2.54. The van der Waals surface area contributed by atoms with Crippen molar-refractivity contribution in [3.8, 4) is 5.75 Å². The molecule has 2 rings (SSSR count). The van der Waals surface area contributed by atoms with Crippen LogP contribution in [0.4, 0.5) is 4.39 Å². The van der Waals surface area contributed by atoms with Crippen LogP contribution in [0, 0.1) is 9.39 Å². The van der Waals surface area contributed by atoms with Crippen LogP contribution in [0.3, 0.4) is 0 Å². The molecule has 0 saturated carbocycles. The zero-order valence-electron chi connectivity index (χ0n) is 12.5. The van der Waals surface area contributed by atoms with E-state index in [1.165, 1.54) is 25.1 Å². The fourth-order valence-electron chi connectivity index (χ4n) is 1.75. The Hall–Kier alpha value is -1.87. The molecule has 126 valence electrons. The van der Waals surface area contributed by atoms with Gasteiger partial charge in [-0.1, -0.05) is 23.7 Å². The molecule has 8 heteroatoms. The fraction of sp³-hybridized carbons (Fsp3) is 0.125. The van der Waals surface area contributed by atoms with E-state index in [4.69, 9.17) is 16.3 Å². The zero-order chi connectivity index (χ0) is 17.7. The Bertz CT molecular complexity index is 773. The number of halogens is 3. The third-order valence-electron chi connectivity index (χ3n) is 2.98. The molecule has 5 nitrogen and oxygen atoms in total. The fourth-order valence-corrected chi connectivity index (χ4v) is 2.86. The van der Waals surface area contributed by atoms with Gasteiger partial charge >= 0.3 is 0 Å². The molecular weight excluding hydrogens is 450 g/mol. The highest BCUT2D eigenvalue weighted by molar-refractivity contribution is 14.1. The molecule has 24 heavy (non-hydrogen) atoms. The highest BCUT2D eigenvalue weighted by Gasteiger charge is 2.18. The van der Waals surface area contributed by atoms with Crippen LogP contribution < -0.4 is 15.6 Å². The van der Waals surface area contributed by atoms with Crippen molar-refractivity contribution in [2.45, 2.75) is 13.0 Å². The van der Waals surface area contributed by atoms with Gasteiger partial charge in [0.05, 0.1) is 5.56 Å². The van der Waals surface area contributed by atoms with E-state index < -0.39 is 23.7 Å². The van der Waals surface area contributed by atoms with Crippen molar-refractivity contribution >= 4 is 46.0 Å². The largest absolute Gasteiger partial charge is 0.478 e. The molecule has 0 aliphatic heterocycles. The standard InChI is InChI=1S/C16H13ClFIN2O3/c1-9(24-14-5-3-2-4-12(14)18)15(22)20-21-16(23)11-7-6-10(17)8-13(11)19/h2-9H,1H3,(H,20,22)(H,21,23). The normalized spacial score (nSPS) is 11.5. The van der Waals surface area contributed by atoms with Crippen LogP contribution in [-0.4, -0.2) is 17.9 Å². The van der Waals surface area contributed by atoms with Gasteiger partial charge in [0.25, 0.3) is 11.8 Å². The van der Waals surface area contributed by atoms with Crippen LogP contribution in [0.1, 0.15) is 17.3 Å². The van der Waals surface area contributed by atoms with Gasteiger partial charge in [0, 0.05) is 8.59 Å². The number of rotatable bonds is 4. The first-order valence-electron chi connectivity index (χ1n) is 6.85. The molecule has 0 saturated heterocycles.